The third-order valence-corrected chi connectivity index (χ3v) is 5.09. The van der Waals surface area contributed by atoms with Gasteiger partial charge in [-0.15, -0.1) is 0 Å². The number of anilines is 2. The molecule has 0 atom stereocenters. The predicted octanol–water partition coefficient (Wildman–Crippen LogP) is 2.36. The Morgan fingerprint density at radius 1 is 1.00 bits per heavy atom. The number of carbonyl (C=O) groups excluding carboxylic acids is 2. The van der Waals surface area contributed by atoms with E-state index in [1.165, 1.54) is 11.5 Å². The molecule has 0 bridgehead atoms. The molecule has 0 saturated heterocycles. The Morgan fingerprint density at radius 2 is 1.69 bits per heavy atom. The second kappa shape index (κ2) is 7.90. The van der Waals surface area contributed by atoms with Crippen LogP contribution in [-0.2, 0) is 29.0 Å². The van der Waals surface area contributed by atoms with Gasteiger partial charge in [0.2, 0.25) is 11.8 Å². The quantitative estimate of drug-likeness (QED) is 0.665. The summed E-state index contributed by atoms with van der Waals surface area (Å²) >= 11 is 0. The zero-order valence-electron chi connectivity index (χ0n) is 16.3. The predicted molar refractivity (Wildman–Crippen MR) is 110 cm³/mol. The van der Waals surface area contributed by atoms with Crippen molar-refractivity contribution in [3.05, 3.63) is 58.3 Å². The van der Waals surface area contributed by atoms with E-state index in [2.05, 4.69) is 15.7 Å². The first kappa shape index (κ1) is 18.9. The number of aromatic nitrogens is 3. The Hall–Kier alpha value is -3.42. The van der Waals surface area contributed by atoms with E-state index in [4.69, 9.17) is 0 Å². The molecule has 2 N–H and O–H groups in total. The molecule has 1 aliphatic carbocycles. The summed E-state index contributed by atoms with van der Waals surface area (Å²) < 4.78 is 3.07. The number of nitrogens with zero attached hydrogens (tertiary/aromatic N) is 3. The van der Waals surface area contributed by atoms with Crippen molar-refractivity contribution >= 4 is 28.7 Å². The first-order valence-corrected chi connectivity index (χ1v) is 9.78. The Morgan fingerprint density at radius 3 is 2.41 bits per heavy atom. The molecule has 4 rings (SSSR count). The van der Waals surface area contributed by atoms with E-state index in [9.17, 15) is 14.4 Å². The fourth-order valence-electron chi connectivity index (χ4n) is 3.75. The molecule has 2 aromatic heterocycles. The van der Waals surface area contributed by atoms with Gasteiger partial charge in [0, 0.05) is 36.3 Å². The minimum atomic E-state index is -0.297. The van der Waals surface area contributed by atoms with Crippen LogP contribution in [0.5, 0.6) is 0 Å². The van der Waals surface area contributed by atoms with Crippen molar-refractivity contribution < 1.29 is 9.59 Å². The smallest absolute Gasteiger partial charge is 0.277 e. The Kier molecular flexibility index (Phi) is 5.16. The molecule has 1 aromatic carbocycles. The van der Waals surface area contributed by atoms with Crippen LogP contribution in [0, 0.1) is 0 Å². The van der Waals surface area contributed by atoms with Crippen molar-refractivity contribution in [3.63, 3.8) is 0 Å². The van der Waals surface area contributed by atoms with Gasteiger partial charge in [0.15, 0.2) is 0 Å². The molecule has 1 aliphatic rings. The summed E-state index contributed by atoms with van der Waals surface area (Å²) in [6, 6.07) is 6.81. The minimum absolute atomic E-state index is 0.0806. The number of benzene rings is 1. The summed E-state index contributed by atoms with van der Waals surface area (Å²) in [5, 5.41) is 10.0. The molecular weight excluding hydrogens is 370 g/mol. The summed E-state index contributed by atoms with van der Waals surface area (Å²) in [5.74, 6) is -0.455. The average Bonchev–Trinajstić information content (AvgIpc) is 2.87. The zero-order valence-corrected chi connectivity index (χ0v) is 16.3. The summed E-state index contributed by atoms with van der Waals surface area (Å²) in [6.07, 6.45) is 8.37. The maximum Gasteiger partial charge on any atom is 0.277 e. The monoisotopic (exact) mass is 393 g/mol. The van der Waals surface area contributed by atoms with E-state index in [0.29, 0.717) is 16.9 Å². The van der Waals surface area contributed by atoms with Gasteiger partial charge in [0.05, 0.1) is 5.69 Å². The lowest BCUT2D eigenvalue weighted by Crippen LogP contribution is -2.28. The molecule has 8 nitrogen and oxygen atoms in total. The number of rotatable bonds is 4. The Bertz CT molecular complexity index is 1130. The van der Waals surface area contributed by atoms with Crippen LogP contribution in [0.2, 0.25) is 0 Å². The fraction of sp³-hybridized carbons (Fsp3) is 0.333. The van der Waals surface area contributed by atoms with Crippen molar-refractivity contribution in [2.45, 2.75) is 45.6 Å². The molecule has 0 fully saturated rings. The van der Waals surface area contributed by atoms with Crippen LogP contribution in [0.25, 0.3) is 5.52 Å². The van der Waals surface area contributed by atoms with Gasteiger partial charge >= 0.3 is 0 Å². The average molecular weight is 393 g/mol. The normalized spacial score (nSPS) is 13.6. The largest absolute Gasteiger partial charge is 0.326 e. The van der Waals surface area contributed by atoms with Gasteiger partial charge in [-0.05, 0) is 49.9 Å². The molecule has 0 unspecified atom stereocenters. The summed E-state index contributed by atoms with van der Waals surface area (Å²) in [4.78, 5) is 36.5. The summed E-state index contributed by atoms with van der Waals surface area (Å²) in [5.41, 5.74) is 3.66. The van der Waals surface area contributed by atoms with E-state index in [-0.39, 0.29) is 23.9 Å². The number of amides is 2. The van der Waals surface area contributed by atoms with Crippen molar-refractivity contribution in [2.24, 2.45) is 0 Å². The molecular formula is C21H23N5O3. The number of aryl methyl sites for hydroxylation is 2. The molecule has 8 heteroatoms. The lowest BCUT2D eigenvalue weighted by atomic mass is 10.1. The van der Waals surface area contributed by atoms with E-state index in [1.54, 1.807) is 41.2 Å². The molecule has 2 heterocycles. The molecule has 0 spiro atoms. The van der Waals surface area contributed by atoms with Gasteiger partial charge < -0.3 is 15.2 Å². The van der Waals surface area contributed by atoms with Crippen LogP contribution in [0.1, 0.15) is 37.4 Å². The van der Waals surface area contributed by atoms with Crippen LogP contribution in [0.3, 0.4) is 0 Å². The van der Waals surface area contributed by atoms with Crippen molar-refractivity contribution in [1.29, 1.82) is 0 Å². The highest BCUT2D eigenvalue weighted by atomic mass is 16.2. The maximum atomic E-state index is 13.0. The van der Waals surface area contributed by atoms with E-state index in [0.717, 1.165) is 43.4 Å². The van der Waals surface area contributed by atoms with Crippen molar-refractivity contribution in [3.8, 4) is 0 Å². The van der Waals surface area contributed by atoms with Gasteiger partial charge in [-0.2, -0.15) is 5.10 Å². The van der Waals surface area contributed by atoms with Crippen LogP contribution < -0.4 is 16.2 Å². The van der Waals surface area contributed by atoms with Crippen molar-refractivity contribution in [1.82, 2.24) is 14.2 Å². The van der Waals surface area contributed by atoms with Crippen LogP contribution in [-0.4, -0.2) is 26.0 Å². The Labute approximate surface area is 167 Å². The zero-order chi connectivity index (χ0) is 20.4. The van der Waals surface area contributed by atoms with Gasteiger partial charge in [0.1, 0.15) is 12.1 Å². The molecule has 0 saturated carbocycles. The third-order valence-electron chi connectivity index (χ3n) is 5.09. The van der Waals surface area contributed by atoms with Gasteiger partial charge in [0.25, 0.3) is 5.56 Å². The summed E-state index contributed by atoms with van der Waals surface area (Å²) in [7, 11) is 0. The van der Waals surface area contributed by atoms with Gasteiger partial charge in [-0.3, -0.25) is 14.4 Å². The van der Waals surface area contributed by atoms with Crippen molar-refractivity contribution in [2.75, 3.05) is 10.6 Å². The molecule has 3 aromatic rings. The third kappa shape index (κ3) is 4.06. The van der Waals surface area contributed by atoms with Crippen LogP contribution >= 0.6 is 0 Å². The summed E-state index contributed by atoms with van der Waals surface area (Å²) in [6.45, 7) is 1.35. The van der Waals surface area contributed by atoms with Crippen LogP contribution in [0.15, 0.2) is 41.5 Å². The first-order chi connectivity index (χ1) is 14.0. The molecule has 0 aliphatic heterocycles. The standard InChI is InChI=1S/C21H23N5O3/c1-14(27)22-15-7-9-16(10-8-15)23-19(28)13-25-11-12-26-20(21(25)29)17-5-3-2-4-6-18(17)24-26/h7-12H,2-6,13H2,1H3,(H,22,27)(H,23,28). The number of hydrogen-bond acceptors (Lipinski definition) is 4. The molecule has 29 heavy (non-hydrogen) atoms. The number of fused-ring (bicyclic) bond motifs is 3. The highest BCUT2D eigenvalue weighted by Gasteiger charge is 2.19. The molecule has 0 radical (unpaired) electrons. The second-order valence-corrected chi connectivity index (χ2v) is 7.32. The minimum Gasteiger partial charge on any atom is -0.326 e. The van der Waals surface area contributed by atoms with E-state index >= 15 is 0 Å². The maximum absolute atomic E-state index is 13.0. The fourth-order valence-corrected chi connectivity index (χ4v) is 3.75. The van der Waals surface area contributed by atoms with Gasteiger partial charge in [-0.25, -0.2) is 4.52 Å². The SMILES string of the molecule is CC(=O)Nc1ccc(NC(=O)Cn2ccn3nc4c(c3c2=O)CCCCC4)cc1. The second-order valence-electron chi connectivity index (χ2n) is 7.32. The van der Waals surface area contributed by atoms with Crippen LogP contribution in [0.4, 0.5) is 11.4 Å². The number of hydrogen-bond donors (Lipinski definition) is 2. The Balaban J connectivity index is 1.52. The highest BCUT2D eigenvalue weighted by molar-refractivity contribution is 5.92. The number of carbonyl (C=O) groups is 2. The molecule has 150 valence electrons. The van der Waals surface area contributed by atoms with E-state index < -0.39 is 0 Å². The number of nitrogens with one attached hydrogen (secondary N) is 2. The van der Waals surface area contributed by atoms with Gasteiger partial charge in [-0.1, -0.05) is 6.42 Å². The molecule has 2 amide bonds. The lowest BCUT2D eigenvalue weighted by molar-refractivity contribution is -0.117. The lowest BCUT2D eigenvalue weighted by Gasteiger charge is -2.09. The van der Waals surface area contributed by atoms with E-state index in [1.807, 2.05) is 0 Å². The highest BCUT2D eigenvalue weighted by Crippen LogP contribution is 2.22. The first-order valence-electron chi connectivity index (χ1n) is 9.78. The topological polar surface area (TPSA) is 97.5 Å².